The van der Waals surface area contributed by atoms with Crippen molar-refractivity contribution >= 4 is 29.2 Å². The van der Waals surface area contributed by atoms with Gasteiger partial charge in [-0.15, -0.1) is 0 Å². The van der Waals surface area contributed by atoms with Gasteiger partial charge in [-0.05, 0) is 24.6 Å². The second kappa shape index (κ2) is 5.29. The van der Waals surface area contributed by atoms with Crippen LogP contribution in [0.1, 0.15) is 19.4 Å². The summed E-state index contributed by atoms with van der Waals surface area (Å²) in [6.07, 6.45) is 1.11. The number of anilines is 1. The topological polar surface area (TPSA) is 84.9 Å². The van der Waals surface area contributed by atoms with Crippen molar-refractivity contribution < 1.29 is 24.2 Å². The van der Waals surface area contributed by atoms with Crippen LogP contribution in [0.4, 0.5) is 5.69 Å². The van der Waals surface area contributed by atoms with Gasteiger partial charge in [0.1, 0.15) is 5.75 Å². The first kappa shape index (κ1) is 15.2. The van der Waals surface area contributed by atoms with Gasteiger partial charge in [0.05, 0.1) is 5.69 Å². The summed E-state index contributed by atoms with van der Waals surface area (Å²) in [6.45, 7) is 4.65. The number of benzene rings is 1. The number of ether oxygens (including phenoxy) is 2. The lowest BCUT2D eigenvalue weighted by Gasteiger charge is -2.29. The highest BCUT2D eigenvalue weighted by Crippen LogP contribution is 2.30. The highest BCUT2D eigenvalue weighted by molar-refractivity contribution is 6.31. The Kier molecular flexibility index (Phi) is 3.82. The fourth-order valence-electron chi connectivity index (χ4n) is 1.71. The number of carbonyl (C=O) groups excluding carboxylic acids is 2. The summed E-state index contributed by atoms with van der Waals surface area (Å²) in [6, 6.07) is 2.94. The third-order valence-corrected chi connectivity index (χ3v) is 3.17. The molecule has 0 amide bonds. The van der Waals surface area contributed by atoms with Crippen molar-refractivity contribution in [3.8, 4) is 5.75 Å². The molecule has 1 saturated heterocycles. The Morgan fingerprint density at radius 2 is 1.81 bits per heavy atom. The van der Waals surface area contributed by atoms with Crippen molar-refractivity contribution in [2.24, 2.45) is 0 Å². The van der Waals surface area contributed by atoms with E-state index in [1.807, 2.05) is 0 Å². The van der Waals surface area contributed by atoms with Crippen LogP contribution < -0.4 is 5.32 Å². The lowest BCUT2D eigenvalue weighted by Crippen LogP contribution is -2.42. The number of hydrogen-bond donors (Lipinski definition) is 2. The fourth-order valence-corrected chi connectivity index (χ4v) is 1.87. The van der Waals surface area contributed by atoms with Crippen molar-refractivity contribution in [3.05, 3.63) is 34.5 Å². The first-order chi connectivity index (χ1) is 9.69. The number of nitrogens with one attached hydrogen (secondary N) is 1. The smallest absolute Gasteiger partial charge is 0.350 e. The number of hydrogen-bond acceptors (Lipinski definition) is 6. The first-order valence-corrected chi connectivity index (χ1v) is 6.50. The van der Waals surface area contributed by atoms with Gasteiger partial charge < -0.3 is 19.9 Å². The van der Waals surface area contributed by atoms with Crippen LogP contribution in [-0.2, 0) is 19.1 Å². The predicted octanol–water partition coefficient (Wildman–Crippen LogP) is 2.49. The van der Waals surface area contributed by atoms with Crippen LogP contribution >= 0.6 is 11.6 Å². The molecule has 1 fully saturated rings. The van der Waals surface area contributed by atoms with E-state index in [0.717, 1.165) is 6.20 Å². The molecule has 2 rings (SSSR count). The summed E-state index contributed by atoms with van der Waals surface area (Å²) >= 11 is 5.95. The number of cyclic esters (lactones) is 2. The van der Waals surface area contributed by atoms with E-state index in [4.69, 9.17) is 21.1 Å². The van der Waals surface area contributed by atoms with Gasteiger partial charge in [-0.25, -0.2) is 9.59 Å². The molecule has 2 N–H and O–H groups in total. The first-order valence-electron chi connectivity index (χ1n) is 6.12. The zero-order valence-electron chi connectivity index (χ0n) is 11.7. The molecule has 0 aromatic heterocycles. The zero-order chi connectivity index (χ0) is 15.8. The maximum Gasteiger partial charge on any atom is 0.350 e. The van der Waals surface area contributed by atoms with Gasteiger partial charge in [-0.1, -0.05) is 11.6 Å². The standard InChI is InChI=1S/C14H14ClNO5/c1-7-4-11(17)10(5-9(7)15)16-6-8-12(18)20-14(2,3)21-13(8)19/h4-6,16-17H,1-3H3. The molecule has 1 heterocycles. The van der Waals surface area contributed by atoms with Crippen molar-refractivity contribution in [1.29, 1.82) is 0 Å². The monoisotopic (exact) mass is 311 g/mol. The van der Waals surface area contributed by atoms with E-state index >= 15 is 0 Å². The normalized spacial score (nSPS) is 17.0. The third-order valence-electron chi connectivity index (χ3n) is 2.77. The lowest BCUT2D eigenvalue weighted by atomic mass is 10.2. The summed E-state index contributed by atoms with van der Waals surface area (Å²) < 4.78 is 9.88. The average Bonchev–Trinajstić information content (AvgIpc) is 2.32. The number of aromatic hydroxyl groups is 1. The van der Waals surface area contributed by atoms with Crippen molar-refractivity contribution in [2.45, 2.75) is 26.6 Å². The van der Waals surface area contributed by atoms with Crippen LogP contribution in [0.3, 0.4) is 0 Å². The Hall–Kier alpha value is -2.21. The molecule has 0 bridgehead atoms. The molecule has 1 aromatic rings. The molecule has 21 heavy (non-hydrogen) atoms. The predicted molar refractivity (Wildman–Crippen MR) is 75.8 cm³/mol. The molecule has 0 aliphatic carbocycles. The number of carbonyl (C=O) groups is 2. The molecule has 6 nitrogen and oxygen atoms in total. The third kappa shape index (κ3) is 3.28. The van der Waals surface area contributed by atoms with Crippen LogP contribution in [-0.4, -0.2) is 22.8 Å². The van der Waals surface area contributed by atoms with Gasteiger partial charge in [0, 0.05) is 25.1 Å². The molecule has 1 aliphatic rings. The minimum atomic E-state index is -1.29. The molecular formula is C14H14ClNO5. The quantitative estimate of drug-likeness (QED) is 0.378. The van der Waals surface area contributed by atoms with E-state index in [9.17, 15) is 14.7 Å². The molecule has 112 valence electrons. The number of rotatable bonds is 2. The Bertz CT molecular complexity index is 629. The van der Waals surface area contributed by atoms with Gasteiger partial charge in [-0.3, -0.25) is 0 Å². The Labute approximate surface area is 126 Å². The second-order valence-electron chi connectivity index (χ2n) is 5.00. The minimum Gasteiger partial charge on any atom is -0.506 e. The zero-order valence-corrected chi connectivity index (χ0v) is 12.4. The van der Waals surface area contributed by atoms with Crippen LogP contribution in [0.2, 0.25) is 5.02 Å². The SMILES string of the molecule is Cc1cc(O)c(NC=C2C(=O)OC(C)(C)OC2=O)cc1Cl. The summed E-state index contributed by atoms with van der Waals surface area (Å²) in [5, 5.41) is 12.9. The number of phenolic OH excluding ortho intramolecular Hbond substituents is 1. The molecule has 0 radical (unpaired) electrons. The van der Waals surface area contributed by atoms with Crippen LogP contribution in [0.15, 0.2) is 23.9 Å². The van der Waals surface area contributed by atoms with E-state index in [1.165, 1.54) is 26.0 Å². The molecule has 0 atom stereocenters. The second-order valence-corrected chi connectivity index (χ2v) is 5.41. The van der Waals surface area contributed by atoms with E-state index in [0.29, 0.717) is 10.6 Å². The lowest BCUT2D eigenvalue weighted by molar-refractivity contribution is -0.222. The van der Waals surface area contributed by atoms with Crippen molar-refractivity contribution in [1.82, 2.24) is 0 Å². The summed E-state index contributed by atoms with van der Waals surface area (Å²) in [7, 11) is 0. The van der Waals surface area contributed by atoms with E-state index < -0.39 is 17.7 Å². The van der Waals surface area contributed by atoms with Crippen molar-refractivity contribution in [2.75, 3.05) is 5.32 Å². The summed E-state index contributed by atoms with van der Waals surface area (Å²) in [5.41, 5.74) is 0.652. The van der Waals surface area contributed by atoms with Crippen LogP contribution in [0.25, 0.3) is 0 Å². The number of esters is 2. The highest BCUT2D eigenvalue weighted by atomic mass is 35.5. The van der Waals surface area contributed by atoms with E-state index in [1.54, 1.807) is 6.92 Å². The molecule has 7 heteroatoms. The number of phenols is 1. The van der Waals surface area contributed by atoms with Gasteiger partial charge in [0.2, 0.25) is 0 Å². The Balaban J connectivity index is 2.24. The van der Waals surface area contributed by atoms with Gasteiger partial charge in [-0.2, -0.15) is 0 Å². The maximum absolute atomic E-state index is 11.7. The molecular weight excluding hydrogens is 298 g/mol. The molecule has 0 unspecified atom stereocenters. The van der Waals surface area contributed by atoms with Gasteiger partial charge >= 0.3 is 11.9 Å². The van der Waals surface area contributed by atoms with Crippen LogP contribution in [0.5, 0.6) is 5.75 Å². The summed E-state index contributed by atoms with van der Waals surface area (Å²) in [4.78, 5) is 23.5. The van der Waals surface area contributed by atoms with E-state index in [2.05, 4.69) is 5.32 Å². The van der Waals surface area contributed by atoms with Gasteiger partial charge in [0.15, 0.2) is 5.57 Å². The van der Waals surface area contributed by atoms with Crippen LogP contribution in [0, 0.1) is 6.92 Å². The largest absolute Gasteiger partial charge is 0.506 e. The van der Waals surface area contributed by atoms with Gasteiger partial charge in [0.25, 0.3) is 5.79 Å². The average molecular weight is 312 g/mol. The highest BCUT2D eigenvalue weighted by Gasteiger charge is 2.38. The Morgan fingerprint density at radius 3 is 2.38 bits per heavy atom. The number of aryl methyl sites for hydroxylation is 1. The molecule has 0 spiro atoms. The number of halogens is 1. The maximum atomic E-state index is 11.7. The Morgan fingerprint density at radius 1 is 1.24 bits per heavy atom. The fraction of sp³-hybridized carbons (Fsp3) is 0.286. The van der Waals surface area contributed by atoms with Crippen molar-refractivity contribution in [3.63, 3.8) is 0 Å². The van der Waals surface area contributed by atoms with E-state index in [-0.39, 0.29) is 17.0 Å². The molecule has 0 saturated carbocycles. The molecule has 1 aromatic carbocycles. The minimum absolute atomic E-state index is 0.0633. The summed E-state index contributed by atoms with van der Waals surface area (Å²) in [5.74, 6) is -2.96. The molecule has 1 aliphatic heterocycles.